The molecule has 1 fully saturated rings. The molecule has 1 saturated carbocycles. The molecule has 0 bridgehead atoms. The summed E-state index contributed by atoms with van der Waals surface area (Å²) in [5.41, 5.74) is 8.04. The first-order valence-electron chi connectivity index (χ1n) is 6.54. The van der Waals surface area contributed by atoms with E-state index in [1.807, 2.05) is 18.2 Å². The highest BCUT2D eigenvalue weighted by Crippen LogP contribution is 2.43. The standard InChI is InChI=1S/C14H18N2O2/c15-14(7-2-1-3-8-14)10-5-4-6-11-13(10)18-9-12(17)16-11/h4-6H,1-3,7-9,15H2,(H,16,17). The molecule has 4 heteroatoms. The third-order valence-electron chi connectivity index (χ3n) is 3.92. The summed E-state index contributed by atoms with van der Waals surface area (Å²) < 4.78 is 5.59. The number of rotatable bonds is 1. The number of hydrogen-bond donors (Lipinski definition) is 2. The molecule has 0 aromatic heterocycles. The summed E-state index contributed by atoms with van der Waals surface area (Å²) in [7, 11) is 0. The highest BCUT2D eigenvalue weighted by atomic mass is 16.5. The molecule has 3 N–H and O–H groups in total. The summed E-state index contributed by atoms with van der Waals surface area (Å²) in [6.45, 7) is 0.0834. The largest absolute Gasteiger partial charge is 0.481 e. The average Bonchev–Trinajstić information content (AvgIpc) is 2.38. The molecule has 3 rings (SSSR count). The number of nitrogens with one attached hydrogen (secondary N) is 1. The number of amides is 1. The number of fused-ring (bicyclic) bond motifs is 1. The van der Waals surface area contributed by atoms with Gasteiger partial charge >= 0.3 is 0 Å². The SMILES string of the molecule is NC1(c2cccc3c2OCC(=O)N3)CCCCC1. The molecule has 96 valence electrons. The Hall–Kier alpha value is -1.55. The van der Waals surface area contributed by atoms with Crippen LogP contribution in [0.1, 0.15) is 37.7 Å². The summed E-state index contributed by atoms with van der Waals surface area (Å²) in [4.78, 5) is 11.3. The van der Waals surface area contributed by atoms with Crippen LogP contribution in [-0.2, 0) is 10.3 Å². The Bertz CT molecular complexity index is 479. The molecule has 1 aliphatic heterocycles. The predicted molar refractivity (Wildman–Crippen MR) is 69.5 cm³/mol. The van der Waals surface area contributed by atoms with Crippen molar-refractivity contribution in [3.63, 3.8) is 0 Å². The molecule has 0 spiro atoms. The Labute approximate surface area is 107 Å². The first kappa shape index (κ1) is 11.5. The zero-order valence-electron chi connectivity index (χ0n) is 10.4. The van der Waals surface area contributed by atoms with Crippen molar-refractivity contribution in [3.8, 4) is 5.75 Å². The van der Waals surface area contributed by atoms with Gasteiger partial charge in [-0.05, 0) is 18.9 Å². The molecule has 0 radical (unpaired) electrons. The topological polar surface area (TPSA) is 64.3 Å². The second kappa shape index (κ2) is 4.28. The van der Waals surface area contributed by atoms with Crippen LogP contribution >= 0.6 is 0 Å². The normalized spacial score (nSPS) is 21.7. The summed E-state index contributed by atoms with van der Waals surface area (Å²) in [5.74, 6) is 0.663. The van der Waals surface area contributed by atoms with Crippen LogP contribution in [0.15, 0.2) is 18.2 Å². The first-order valence-corrected chi connectivity index (χ1v) is 6.54. The van der Waals surface area contributed by atoms with Gasteiger partial charge in [0.25, 0.3) is 5.91 Å². The van der Waals surface area contributed by atoms with E-state index in [-0.39, 0.29) is 18.1 Å². The minimum absolute atomic E-state index is 0.0834. The highest BCUT2D eigenvalue weighted by molar-refractivity contribution is 5.95. The van der Waals surface area contributed by atoms with Gasteiger partial charge in [0, 0.05) is 11.1 Å². The molecule has 0 saturated heterocycles. The summed E-state index contributed by atoms with van der Waals surface area (Å²) in [5, 5.41) is 2.84. The first-order chi connectivity index (χ1) is 8.69. The summed E-state index contributed by atoms with van der Waals surface area (Å²) in [6, 6.07) is 5.83. The molecule has 18 heavy (non-hydrogen) atoms. The molecule has 0 atom stereocenters. The quantitative estimate of drug-likeness (QED) is 0.798. The molecule has 4 nitrogen and oxygen atoms in total. The molecule has 1 aromatic carbocycles. The van der Waals surface area contributed by atoms with E-state index < -0.39 is 0 Å². The zero-order chi connectivity index (χ0) is 12.6. The van der Waals surface area contributed by atoms with Crippen molar-refractivity contribution in [2.75, 3.05) is 11.9 Å². The second-order valence-corrected chi connectivity index (χ2v) is 5.24. The number of para-hydroxylation sites is 1. The number of hydrogen-bond acceptors (Lipinski definition) is 3. The fourth-order valence-electron chi connectivity index (χ4n) is 2.96. The van der Waals surface area contributed by atoms with E-state index in [0.29, 0.717) is 0 Å². The second-order valence-electron chi connectivity index (χ2n) is 5.24. The van der Waals surface area contributed by atoms with Crippen molar-refractivity contribution < 1.29 is 9.53 Å². The van der Waals surface area contributed by atoms with Crippen LogP contribution in [-0.4, -0.2) is 12.5 Å². The molecule has 1 aromatic rings. The lowest BCUT2D eigenvalue weighted by Gasteiger charge is -2.36. The van der Waals surface area contributed by atoms with E-state index in [9.17, 15) is 4.79 Å². The van der Waals surface area contributed by atoms with Gasteiger partial charge in [-0.25, -0.2) is 0 Å². The van der Waals surface area contributed by atoms with Crippen molar-refractivity contribution in [2.24, 2.45) is 5.73 Å². The molecule has 1 aliphatic carbocycles. The lowest BCUT2D eigenvalue weighted by molar-refractivity contribution is -0.118. The number of nitrogens with two attached hydrogens (primary N) is 1. The van der Waals surface area contributed by atoms with Crippen LogP contribution in [0, 0.1) is 0 Å². The van der Waals surface area contributed by atoms with E-state index in [1.165, 1.54) is 6.42 Å². The maximum absolute atomic E-state index is 11.3. The number of anilines is 1. The van der Waals surface area contributed by atoms with Gasteiger partial charge in [-0.1, -0.05) is 31.4 Å². The lowest BCUT2D eigenvalue weighted by Crippen LogP contribution is -2.40. The van der Waals surface area contributed by atoms with Crippen LogP contribution < -0.4 is 15.8 Å². The maximum atomic E-state index is 11.3. The highest BCUT2D eigenvalue weighted by Gasteiger charge is 2.34. The van der Waals surface area contributed by atoms with Crippen molar-refractivity contribution in [3.05, 3.63) is 23.8 Å². The third-order valence-corrected chi connectivity index (χ3v) is 3.92. The molecular weight excluding hydrogens is 228 g/mol. The average molecular weight is 246 g/mol. The molecule has 2 aliphatic rings. The van der Waals surface area contributed by atoms with Crippen LogP contribution in [0.5, 0.6) is 5.75 Å². The Morgan fingerprint density at radius 2 is 2.00 bits per heavy atom. The van der Waals surface area contributed by atoms with Gasteiger partial charge in [-0.2, -0.15) is 0 Å². The van der Waals surface area contributed by atoms with Crippen LogP contribution in [0.25, 0.3) is 0 Å². The van der Waals surface area contributed by atoms with E-state index in [4.69, 9.17) is 10.5 Å². The molecule has 1 amide bonds. The lowest BCUT2D eigenvalue weighted by atomic mass is 9.77. The van der Waals surface area contributed by atoms with E-state index in [2.05, 4.69) is 5.32 Å². The minimum atomic E-state index is -0.300. The number of benzene rings is 1. The molecule has 0 unspecified atom stereocenters. The zero-order valence-corrected chi connectivity index (χ0v) is 10.4. The van der Waals surface area contributed by atoms with Crippen LogP contribution in [0.4, 0.5) is 5.69 Å². The van der Waals surface area contributed by atoms with E-state index >= 15 is 0 Å². The van der Waals surface area contributed by atoms with E-state index in [0.717, 1.165) is 42.7 Å². The molecule has 1 heterocycles. The van der Waals surface area contributed by atoms with Crippen molar-refractivity contribution in [1.29, 1.82) is 0 Å². The van der Waals surface area contributed by atoms with Gasteiger partial charge in [0.2, 0.25) is 0 Å². The van der Waals surface area contributed by atoms with Gasteiger partial charge in [0.05, 0.1) is 5.69 Å². The minimum Gasteiger partial charge on any atom is -0.481 e. The van der Waals surface area contributed by atoms with Crippen molar-refractivity contribution >= 4 is 11.6 Å². The Morgan fingerprint density at radius 1 is 1.22 bits per heavy atom. The Morgan fingerprint density at radius 3 is 2.78 bits per heavy atom. The van der Waals surface area contributed by atoms with E-state index in [1.54, 1.807) is 0 Å². The maximum Gasteiger partial charge on any atom is 0.262 e. The van der Waals surface area contributed by atoms with Crippen molar-refractivity contribution in [1.82, 2.24) is 0 Å². The van der Waals surface area contributed by atoms with Crippen LogP contribution in [0.2, 0.25) is 0 Å². The third kappa shape index (κ3) is 1.86. The fraction of sp³-hybridized carbons (Fsp3) is 0.500. The van der Waals surface area contributed by atoms with Gasteiger partial charge in [-0.15, -0.1) is 0 Å². The van der Waals surface area contributed by atoms with Gasteiger partial charge in [0.15, 0.2) is 6.61 Å². The number of carbonyl (C=O) groups excluding carboxylic acids is 1. The predicted octanol–water partition coefficient (Wildman–Crippen LogP) is 2.14. The van der Waals surface area contributed by atoms with Gasteiger partial charge in [0.1, 0.15) is 5.75 Å². The van der Waals surface area contributed by atoms with Crippen LogP contribution in [0.3, 0.4) is 0 Å². The summed E-state index contributed by atoms with van der Waals surface area (Å²) in [6.07, 6.45) is 5.55. The Balaban J connectivity index is 2.02. The number of ether oxygens (including phenoxy) is 1. The number of carbonyl (C=O) groups is 1. The monoisotopic (exact) mass is 246 g/mol. The van der Waals surface area contributed by atoms with Crippen molar-refractivity contribution in [2.45, 2.75) is 37.6 Å². The smallest absolute Gasteiger partial charge is 0.262 e. The summed E-state index contributed by atoms with van der Waals surface area (Å²) >= 11 is 0. The molecular formula is C14H18N2O2. The Kier molecular flexibility index (Phi) is 2.74. The van der Waals surface area contributed by atoms with Gasteiger partial charge < -0.3 is 15.8 Å². The fourth-order valence-corrected chi connectivity index (χ4v) is 2.96. The van der Waals surface area contributed by atoms with Gasteiger partial charge in [-0.3, -0.25) is 4.79 Å².